The highest BCUT2D eigenvalue weighted by molar-refractivity contribution is 6.93. The molecule has 2 rings (SSSR count). The van der Waals surface area contributed by atoms with Crippen molar-refractivity contribution in [3.05, 3.63) is 54.1 Å². The van der Waals surface area contributed by atoms with Crippen LogP contribution in [-0.2, 0) is 12.3 Å². The zero-order valence-corrected chi connectivity index (χ0v) is 25.2. The molecule has 0 N–H and O–H groups in total. The summed E-state index contributed by atoms with van der Waals surface area (Å²) >= 11 is 0. The number of nitriles is 1. The summed E-state index contributed by atoms with van der Waals surface area (Å²) in [6.07, 6.45) is 1.15. The molecule has 0 aliphatic heterocycles. The third kappa shape index (κ3) is 7.92. The highest BCUT2D eigenvalue weighted by Crippen LogP contribution is 2.26. The first-order valence-corrected chi connectivity index (χ1v) is 23.1. The molecule has 0 saturated carbocycles. The van der Waals surface area contributed by atoms with Crippen LogP contribution in [-0.4, -0.2) is 33.8 Å². The molecule has 174 valence electrons. The summed E-state index contributed by atoms with van der Waals surface area (Å²) in [5, 5.41) is 10.2. The monoisotopic (exact) mass is 501 g/mol. The minimum atomic E-state index is -2.38. The average molecular weight is 502 g/mol. The highest BCUT2D eigenvalue weighted by Gasteiger charge is 2.43. The Labute approximate surface area is 199 Å². The maximum absolute atomic E-state index is 9.00. The summed E-state index contributed by atoms with van der Waals surface area (Å²) in [5.41, 5.74) is 2.93. The van der Waals surface area contributed by atoms with Gasteiger partial charge in [-0.15, -0.1) is 0 Å². The zero-order chi connectivity index (χ0) is 24.2. The predicted octanol–water partition coefficient (Wildman–Crippen LogP) is 6.71. The van der Waals surface area contributed by atoms with Crippen molar-refractivity contribution in [1.29, 1.82) is 5.26 Å². The molecular formula is C24H39NO3Si4. The second-order valence-electron chi connectivity index (χ2n) is 10.4. The number of hydrogen-bond acceptors (Lipinski definition) is 4. The lowest BCUT2D eigenvalue weighted by Gasteiger charge is -2.41. The van der Waals surface area contributed by atoms with Gasteiger partial charge in [0.25, 0.3) is 0 Å². The Bertz CT molecular complexity index is 933. The fourth-order valence-electron chi connectivity index (χ4n) is 4.43. The van der Waals surface area contributed by atoms with Crippen LogP contribution in [0.15, 0.2) is 48.5 Å². The van der Waals surface area contributed by atoms with Crippen LogP contribution >= 0.6 is 0 Å². The SMILES string of the molecule is CCC[Si](C)(C)O[Si](C)(C)O[Si](C)(C)O[Si](C)(C)c1ccc(-c2ccc(C#N)cc2)cc1. The first-order chi connectivity index (χ1) is 14.7. The Morgan fingerprint density at radius 3 is 1.62 bits per heavy atom. The molecule has 0 heterocycles. The molecule has 4 nitrogen and oxygen atoms in total. The first-order valence-electron chi connectivity index (χ1n) is 11.4. The smallest absolute Gasteiger partial charge is 0.312 e. The molecule has 8 heteroatoms. The van der Waals surface area contributed by atoms with Crippen LogP contribution in [0.5, 0.6) is 0 Å². The predicted molar refractivity (Wildman–Crippen MR) is 145 cm³/mol. The van der Waals surface area contributed by atoms with Crippen molar-refractivity contribution in [2.24, 2.45) is 0 Å². The Morgan fingerprint density at radius 1 is 0.688 bits per heavy atom. The fourth-order valence-corrected chi connectivity index (χ4v) is 23.5. The summed E-state index contributed by atoms with van der Waals surface area (Å²) in [6.45, 7) is 19.9. The summed E-state index contributed by atoms with van der Waals surface area (Å²) in [5.74, 6) is 0. The van der Waals surface area contributed by atoms with E-state index in [1.54, 1.807) is 0 Å². The van der Waals surface area contributed by atoms with Gasteiger partial charge in [-0.1, -0.05) is 49.7 Å². The topological polar surface area (TPSA) is 51.5 Å². The first kappa shape index (κ1) is 26.9. The van der Waals surface area contributed by atoms with E-state index in [4.69, 9.17) is 17.6 Å². The van der Waals surface area contributed by atoms with Crippen LogP contribution < -0.4 is 5.19 Å². The molecule has 0 spiro atoms. The standard InChI is InChI=1S/C24H39NO3Si4/c1-10-19-29(2,3)26-31(6,7)28-32(8,9)27-30(4,5)24-17-15-23(16-18-24)22-13-11-21(20-25)12-14-22/h11-18H,10,19H2,1-9H3. The van der Waals surface area contributed by atoms with Crippen LogP contribution in [0.4, 0.5) is 0 Å². The summed E-state index contributed by atoms with van der Waals surface area (Å²) in [7, 11) is -8.52. The normalized spacial score (nSPS) is 13.1. The van der Waals surface area contributed by atoms with Gasteiger partial charge in [0.2, 0.25) is 8.32 Å². The van der Waals surface area contributed by atoms with Crippen molar-refractivity contribution in [1.82, 2.24) is 0 Å². The van der Waals surface area contributed by atoms with Crippen molar-refractivity contribution >= 4 is 38.9 Å². The average Bonchev–Trinajstić information content (AvgIpc) is 2.65. The maximum atomic E-state index is 9.00. The van der Waals surface area contributed by atoms with E-state index in [-0.39, 0.29) is 0 Å². The lowest BCUT2D eigenvalue weighted by atomic mass is 10.0. The van der Waals surface area contributed by atoms with E-state index in [1.807, 2.05) is 24.3 Å². The van der Waals surface area contributed by atoms with Crippen molar-refractivity contribution in [3.63, 3.8) is 0 Å². The third-order valence-electron chi connectivity index (χ3n) is 5.29. The van der Waals surface area contributed by atoms with Gasteiger partial charge in [0.15, 0.2) is 8.32 Å². The van der Waals surface area contributed by atoms with E-state index in [9.17, 15) is 0 Å². The highest BCUT2D eigenvalue weighted by atomic mass is 28.5. The minimum absolute atomic E-state index is 0.677. The Balaban J connectivity index is 2.12. The number of nitrogens with zero attached hydrogens (tertiary/aromatic N) is 1. The molecule has 2 aromatic rings. The molecule has 0 saturated heterocycles. The van der Waals surface area contributed by atoms with Crippen LogP contribution in [0.3, 0.4) is 0 Å². The minimum Gasteiger partial charge on any atom is -0.436 e. The van der Waals surface area contributed by atoms with E-state index in [2.05, 4.69) is 89.6 Å². The third-order valence-corrected chi connectivity index (χ3v) is 20.8. The van der Waals surface area contributed by atoms with E-state index in [0.717, 1.165) is 23.6 Å². The molecule has 0 bridgehead atoms. The fraction of sp³-hybridized carbons (Fsp3) is 0.458. The molecule has 0 atom stereocenters. The molecule has 0 aromatic heterocycles. The van der Waals surface area contributed by atoms with Gasteiger partial charge in [0, 0.05) is 0 Å². The molecular weight excluding hydrogens is 463 g/mol. The molecule has 0 aliphatic carbocycles. The molecule has 0 radical (unpaired) electrons. The molecule has 0 amide bonds. The lowest BCUT2D eigenvalue weighted by Crippen LogP contribution is -2.59. The zero-order valence-electron chi connectivity index (χ0n) is 21.2. The van der Waals surface area contributed by atoms with Crippen LogP contribution in [0.25, 0.3) is 11.1 Å². The largest absolute Gasteiger partial charge is 0.436 e. The van der Waals surface area contributed by atoms with Gasteiger partial charge < -0.3 is 12.3 Å². The van der Waals surface area contributed by atoms with Crippen molar-refractivity contribution in [3.8, 4) is 17.2 Å². The maximum Gasteiger partial charge on any atom is 0.312 e. The van der Waals surface area contributed by atoms with Crippen molar-refractivity contribution in [2.75, 3.05) is 0 Å². The number of benzene rings is 2. The van der Waals surface area contributed by atoms with Crippen LogP contribution in [0, 0.1) is 11.3 Å². The number of hydrogen-bond donors (Lipinski definition) is 0. The second-order valence-corrected chi connectivity index (χ2v) is 26.1. The Morgan fingerprint density at radius 2 is 1.16 bits per heavy atom. The van der Waals surface area contributed by atoms with E-state index >= 15 is 0 Å². The Hall–Kier alpha value is -1.32. The van der Waals surface area contributed by atoms with Gasteiger partial charge in [-0.2, -0.15) is 5.26 Å². The molecule has 0 fully saturated rings. The second kappa shape index (κ2) is 10.3. The molecule has 32 heavy (non-hydrogen) atoms. The van der Waals surface area contributed by atoms with Gasteiger partial charge in [-0.25, -0.2) is 0 Å². The van der Waals surface area contributed by atoms with Crippen LogP contribution in [0.2, 0.25) is 58.4 Å². The van der Waals surface area contributed by atoms with Gasteiger partial charge in [-0.3, -0.25) is 0 Å². The lowest BCUT2D eigenvalue weighted by molar-refractivity contribution is 0.330. The molecule has 0 unspecified atom stereocenters. The van der Waals surface area contributed by atoms with Gasteiger partial charge in [-0.05, 0) is 86.9 Å². The summed E-state index contributed by atoms with van der Waals surface area (Å²) < 4.78 is 20.1. The van der Waals surface area contributed by atoms with E-state index in [1.165, 1.54) is 5.19 Å². The number of rotatable bonds is 10. The Kier molecular flexibility index (Phi) is 8.67. The van der Waals surface area contributed by atoms with Gasteiger partial charge in [0.05, 0.1) is 11.6 Å². The van der Waals surface area contributed by atoms with E-state index in [0.29, 0.717) is 5.56 Å². The van der Waals surface area contributed by atoms with Crippen molar-refractivity contribution in [2.45, 2.75) is 71.8 Å². The summed E-state index contributed by atoms with van der Waals surface area (Å²) in [4.78, 5) is 0. The molecule has 2 aromatic carbocycles. The van der Waals surface area contributed by atoms with Crippen molar-refractivity contribution < 1.29 is 12.3 Å². The van der Waals surface area contributed by atoms with Crippen LogP contribution in [0.1, 0.15) is 18.9 Å². The quantitative estimate of drug-likeness (QED) is 0.340. The molecule has 0 aliphatic rings. The van der Waals surface area contributed by atoms with E-state index < -0.39 is 33.8 Å². The summed E-state index contributed by atoms with van der Waals surface area (Å²) in [6, 6.07) is 19.7. The van der Waals surface area contributed by atoms with Gasteiger partial charge in [0.1, 0.15) is 0 Å². The van der Waals surface area contributed by atoms with Gasteiger partial charge >= 0.3 is 17.1 Å².